The highest BCUT2D eigenvalue weighted by Crippen LogP contribution is 2.23. The number of likely N-dealkylation sites (N-methyl/N-ethyl adjacent to an activating group) is 2. The molecule has 116 valence electrons. The maximum atomic E-state index is 11.5. The molecule has 1 heterocycles. The predicted octanol–water partition coefficient (Wildman–Crippen LogP) is 2.42. The van der Waals surface area contributed by atoms with Crippen LogP contribution >= 0.6 is 0 Å². The summed E-state index contributed by atoms with van der Waals surface area (Å²) in [5, 5.41) is 0. The maximum absolute atomic E-state index is 11.5. The second-order valence-electron chi connectivity index (χ2n) is 6.06. The molecule has 0 spiro atoms. The van der Waals surface area contributed by atoms with Gasteiger partial charge in [-0.3, -0.25) is 4.79 Å². The van der Waals surface area contributed by atoms with Gasteiger partial charge in [0.05, 0.1) is 7.11 Å². The largest absolute Gasteiger partial charge is 0.496 e. The predicted molar refractivity (Wildman–Crippen MR) is 85.0 cm³/mol. The lowest BCUT2D eigenvalue weighted by Gasteiger charge is -2.26. The number of benzene rings is 1. The van der Waals surface area contributed by atoms with Gasteiger partial charge in [0.15, 0.2) is 5.78 Å². The Labute approximate surface area is 127 Å². The summed E-state index contributed by atoms with van der Waals surface area (Å²) in [6.07, 6.45) is 2.56. The van der Waals surface area contributed by atoms with E-state index in [0.29, 0.717) is 6.04 Å². The molecule has 1 saturated heterocycles. The Morgan fingerprint density at radius 3 is 2.81 bits per heavy atom. The number of nitrogens with zero attached hydrogens (tertiary/aromatic N) is 2. The third-order valence-corrected chi connectivity index (χ3v) is 4.32. The van der Waals surface area contributed by atoms with Crippen LogP contribution in [0, 0.1) is 0 Å². The minimum absolute atomic E-state index is 0.0945. The lowest BCUT2D eigenvalue weighted by molar-refractivity contribution is 0.101. The van der Waals surface area contributed by atoms with Crippen molar-refractivity contribution in [1.29, 1.82) is 0 Å². The van der Waals surface area contributed by atoms with Gasteiger partial charge in [-0.1, -0.05) is 0 Å². The molecule has 4 nitrogen and oxygen atoms in total. The molecule has 0 bridgehead atoms. The molecule has 1 aliphatic heterocycles. The molecule has 1 aromatic rings. The maximum Gasteiger partial charge on any atom is 0.159 e. The van der Waals surface area contributed by atoms with Crippen LogP contribution in [0.3, 0.4) is 0 Å². The number of carbonyl (C=O) groups excluding carboxylic acids is 1. The Hall–Kier alpha value is -1.39. The molecule has 21 heavy (non-hydrogen) atoms. The molecule has 1 atom stereocenters. The third-order valence-electron chi connectivity index (χ3n) is 4.32. The molecule has 1 unspecified atom stereocenters. The fraction of sp³-hybridized carbons (Fsp3) is 0.588. The van der Waals surface area contributed by atoms with E-state index in [9.17, 15) is 4.79 Å². The molecule has 1 aromatic carbocycles. The number of Topliss-reactive ketones (excluding diaryl/α,β-unsaturated/α-hetero) is 1. The van der Waals surface area contributed by atoms with Crippen LogP contribution in [0.25, 0.3) is 0 Å². The molecule has 0 N–H and O–H groups in total. The molecule has 0 radical (unpaired) electrons. The minimum Gasteiger partial charge on any atom is -0.496 e. The van der Waals surface area contributed by atoms with Crippen LogP contribution in [0.15, 0.2) is 18.2 Å². The number of hydrogen-bond acceptors (Lipinski definition) is 4. The van der Waals surface area contributed by atoms with Gasteiger partial charge in [-0.05, 0) is 58.6 Å². The summed E-state index contributed by atoms with van der Waals surface area (Å²) in [4.78, 5) is 16.3. The van der Waals surface area contributed by atoms with Crippen molar-refractivity contribution in [2.45, 2.75) is 32.4 Å². The van der Waals surface area contributed by atoms with E-state index in [4.69, 9.17) is 4.74 Å². The molecule has 1 aliphatic rings. The van der Waals surface area contributed by atoms with Gasteiger partial charge in [-0.25, -0.2) is 0 Å². The summed E-state index contributed by atoms with van der Waals surface area (Å²) in [6.45, 7) is 4.64. The van der Waals surface area contributed by atoms with Crippen molar-refractivity contribution in [3.8, 4) is 5.75 Å². The molecule has 0 amide bonds. The van der Waals surface area contributed by atoms with Crippen molar-refractivity contribution < 1.29 is 9.53 Å². The molecule has 1 fully saturated rings. The molecule has 4 heteroatoms. The molecule has 0 saturated carbocycles. The third kappa shape index (κ3) is 4.05. The van der Waals surface area contributed by atoms with Crippen molar-refractivity contribution in [3.05, 3.63) is 29.3 Å². The van der Waals surface area contributed by atoms with Crippen molar-refractivity contribution >= 4 is 5.78 Å². The highest BCUT2D eigenvalue weighted by molar-refractivity contribution is 5.94. The summed E-state index contributed by atoms with van der Waals surface area (Å²) >= 11 is 0. The second kappa shape index (κ2) is 7.05. The molecular formula is C17H26N2O2. The van der Waals surface area contributed by atoms with Crippen molar-refractivity contribution in [3.63, 3.8) is 0 Å². The average Bonchev–Trinajstić information content (AvgIpc) is 2.84. The number of ether oxygens (including phenoxy) is 1. The van der Waals surface area contributed by atoms with Crippen LogP contribution in [0.4, 0.5) is 0 Å². The second-order valence-corrected chi connectivity index (χ2v) is 6.06. The fourth-order valence-corrected chi connectivity index (χ4v) is 3.05. The zero-order chi connectivity index (χ0) is 15.4. The normalized spacial score (nSPS) is 19.2. The van der Waals surface area contributed by atoms with Gasteiger partial charge >= 0.3 is 0 Å². The van der Waals surface area contributed by atoms with Crippen LogP contribution in [0.2, 0.25) is 0 Å². The van der Waals surface area contributed by atoms with E-state index >= 15 is 0 Å². The lowest BCUT2D eigenvalue weighted by Crippen LogP contribution is -2.36. The van der Waals surface area contributed by atoms with E-state index in [1.54, 1.807) is 14.0 Å². The number of likely N-dealkylation sites (tertiary alicyclic amines) is 1. The number of ketones is 1. The Balaban J connectivity index is 2.06. The summed E-state index contributed by atoms with van der Waals surface area (Å²) in [5.74, 6) is 0.948. The van der Waals surface area contributed by atoms with E-state index in [-0.39, 0.29) is 5.78 Å². The Morgan fingerprint density at radius 1 is 1.48 bits per heavy atom. The van der Waals surface area contributed by atoms with Crippen molar-refractivity contribution in [2.24, 2.45) is 0 Å². The molecular weight excluding hydrogens is 264 g/mol. The van der Waals surface area contributed by atoms with E-state index in [2.05, 4.69) is 23.9 Å². The van der Waals surface area contributed by atoms with Crippen molar-refractivity contribution in [1.82, 2.24) is 9.80 Å². The molecule has 0 aliphatic carbocycles. The smallest absolute Gasteiger partial charge is 0.159 e. The van der Waals surface area contributed by atoms with Crippen LogP contribution in [-0.4, -0.2) is 55.9 Å². The van der Waals surface area contributed by atoms with Crippen LogP contribution in [0.1, 0.15) is 35.7 Å². The first-order chi connectivity index (χ1) is 10.0. The van der Waals surface area contributed by atoms with E-state index < -0.39 is 0 Å². The van der Waals surface area contributed by atoms with Gasteiger partial charge in [0.1, 0.15) is 5.75 Å². The quantitative estimate of drug-likeness (QED) is 0.753. The summed E-state index contributed by atoms with van der Waals surface area (Å²) in [7, 11) is 6.01. The first-order valence-electron chi connectivity index (χ1n) is 7.58. The van der Waals surface area contributed by atoms with Gasteiger partial charge in [0, 0.05) is 30.3 Å². The SMILES string of the molecule is COc1ccc(C(C)=O)cc1CN(C)CC1CCCN1C. The monoisotopic (exact) mass is 290 g/mol. The number of methoxy groups -OCH3 is 1. The summed E-state index contributed by atoms with van der Waals surface area (Å²) < 4.78 is 5.42. The van der Waals surface area contributed by atoms with Crippen LogP contribution < -0.4 is 4.74 Å². The van der Waals surface area contributed by atoms with E-state index in [0.717, 1.165) is 30.0 Å². The first kappa shape index (κ1) is 16.0. The molecule has 0 aromatic heterocycles. The summed E-state index contributed by atoms with van der Waals surface area (Å²) in [5.41, 5.74) is 1.82. The highest BCUT2D eigenvalue weighted by Gasteiger charge is 2.22. The number of hydrogen-bond donors (Lipinski definition) is 0. The minimum atomic E-state index is 0.0945. The van der Waals surface area contributed by atoms with Gasteiger partial charge in [-0.15, -0.1) is 0 Å². The zero-order valence-corrected chi connectivity index (χ0v) is 13.6. The standard InChI is InChI=1S/C17H26N2O2/c1-13(20)14-7-8-17(21-4)15(10-14)11-18(2)12-16-6-5-9-19(16)3/h7-8,10,16H,5-6,9,11-12H2,1-4H3. The number of rotatable bonds is 6. The number of carbonyl (C=O) groups is 1. The van der Waals surface area contributed by atoms with Gasteiger partial charge in [0.25, 0.3) is 0 Å². The Kier molecular flexibility index (Phi) is 5.37. The zero-order valence-electron chi connectivity index (χ0n) is 13.6. The van der Waals surface area contributed by atoms with Gasteiger partial charge in [0.2, 0.25) is 0 Å². The fourth-order valence-electron chi connectivity index (χ4n) is 3.05. The first-order valence-corrected chi connectivity index (χ1v) is 7.58. The highest BCUT2D eigenvalue weighted by atomic mass is 16.5. The van der Waals surface area contributed by atoms with E-state index in [1.807, 2.05) is 18.2 Å². The topological polar surface area (TPSA) is 32.8 Å². The molecule has 2 rings (SSSR count). The Morgan fingerprint density at radius 2 is 2.24 bits per heavy atom. The van der Waals surface area contributed by atoms with Gasteiger partial charge in [-0.2, -0.15) is 0 Å². The van der Waals surface area contributed by atoms with Crippen LogP contribution in [0.5, 0.6) is 5.75 Å². The van der Waals surface area contributed by atoms with Gasteiger partial charge < -0.3 is 14.5 Å². The average molecular weight is 290 g/mol. The van der Waals surface area contributed by atoms with Crippen molar-refractivity contribution in [2.75, 3.05) is 34.3 Å². The summed E-state index contributed by atoms with van der Waals surface area (Å²) in [6, 6.07) is 6.31. The Bertz CT molecular complexity index is 502. The van der Waals surface area contributed by atoms with Crippen LogP contribution in [-0.2, 0) is 6.54 Å². The van der Waals surface area contributed by atoms with E-state index in [1.165, 1.54) is 19.4 Å². The lowest BCUT2D eigenvalue weighted by atomic mass is 10.1.